The van der Waals surface area contributed by atoms with Gasteiger partial charge in [-0.1, -0.05) is 29.8 Å². The topological polar surface area (TPSA) is 26.3 Å². The monoisotopic (exact) mass is 272 g/mol. The van der Waals surface area contributed by atoms with Gasteiger partial charge in [-0.15, -0.1) is 0 Å². The molecule has 2 aromatic rings. The summed E-state index contributed by atoms with van der Waals surface area (Å²) >= 11 is 5.90. The lowest BCUT2D eigenvalue weighted by Gasteiger charge is -2.11. The van der Waals surface area contributed by atoms with Crippen molar-refractivity contribution in [2.45, 2.75) is 12.3 Å². The molecule has 1 aliphatic rings. The molecule has 0 aliphatic heterocycles. The molecule has 0 unspecified atom stereocenters. The number of benzene rings is 2. The average molecular weight is 273 g/mol. The molecule has 19 heavy (non-hydrogen) atoms. The summed E-state index contributed by atoms with van der Waals surface area (Å²) in [7, 11) is 1.61. The van der Waals surface area contributed by atoms with Crippen LogP contribution in [0.3, 0.4) is 0 Å². The Morgan fingerprint density at radius 1 is 1.16 bits per heavy atom. The van der Waals surface area contributed by atoms with Crippen LogP contribution >= 0.6 is 11.6 Å². The molecule has 0 heterocycles. The molecule has 2 aromatic carbocycles. The van der Waals surface area contributed by atoms with Gasteiger partial charge < -0.3 is 4.74 Å². The first kappa shape index (κ1) is 12.2. The van der Waals surface area contributed by atoms with Gasteiger partial charge in [-0.05, 0) is 35.4 Å². The number of fused-ring (bicyclic) bond motifs is 1. The van der Waals surface area contributed by atoms with Gasteiger partial charge in [-0.25, -0.2) is 0 Å². The average Bonchev–Trinajstić information content (AvgIpc) is 2.76. The standard InChI is InChI=1S/C16H13ClO2/c1-19-12-6-7-13-14(9-16(18)15(13)8-12)10-2-4-11(17)5-3-10/h2-8,14H,9H2,1H3/t14-/m0/s1. The molecule has 1 atom stereocenters. The molecular formula is C16H13ClO2. The molecule has 0 amide bonds. The Labute approximate surface area is 117 Å². The Bertz CT molecular complexity index is 632. The van der Waals surface area contributed by atoms with E-state index in [9.17, 15) is 4.79 Å². The number of rotatable bonds is 2. The summed E-state index contributed by atoms with van der Waals surface area (Å²) in [5.74, 6) is 1.03. The van der Waals surface area contributed by atoms with Crippen LogP contribution in [0.4, 0.5) is 0 Å². The number of methoxy groups -OCH3 is 1. The van der Waals surface area contributed by atoms with Gasteiger partial charge in [0.1, 0.15) is 5.75 Å². The van der Waals surface area contributed by atoms with E-state index in [4.69, 9.17) is 16.3 Å². The van der Waals surface area contributed by atoms with Gasteiger partial charge in [0, 0.05) is 22.9 Å². The van der Waals surface area contributed by atoms with E-state index in [1.54, 1.807) is 7.11 Å². The third-order valence-electron chi connectivity index (χ3n) is 3.60. The van der Waals surface area contributed by atoms with Crippen LogP contribution < -0.4 is 4.74 Å². The van der Waals surface area contributed by atoms with Crippen molar-refractivity contribution in [2.75, 3.05) is 7.11 Å². The zero-order valence-corrected chi connectivity index (χ0v) is 11.3. The molecule has 0 bridgehead atoms. The first-order valence-corrected chi connectivity index (χ1v) is 6.53. The van der Waals surface area contributed by atoms with Crippen LogP contribution in [0.5, 0.6) is 5.75 Å². The van der Waals surface area contributed by atoms with E-state index in [0.717, 1.165) is 22.4 Å². The highest BCUT2D eigenvalue weighted by atomic mass is 35.5. The van der Waals surface area contributed by atoms with Gasteiger partial charge in [-0.3, -0.25) is 4.79 Å². The van der Waals surface area contributed by atoms with E-state index in [0.29, 0.717) is 11.4 Å². The summed E-state index contributed by atoms with van der Waals surface area (Å²) in [5, 5.41) is 0.711. The number of carbonyl (C=O) groups is 1. The highest BCUT2D eigenvalue weighted by Crippen LogP contribution is 2.39. The third kappa shape index (κ3) is 2.13. The van der Waals surface area contributed by atoms with Gasteiger partial charge in [-0.2, -0.15) is 0 Å². The van der Waals surface area contributed by atoms with Crippen LogP contribution in [0.2, 0.25) is 5.02 Å². The Morgan fingerprint density at radius 3 is 2.58 bits per heavy atom. The third-order valence-corrected chi connectivity index (χ3v) is 3.85. The predicted octanol–water partition coefficient (Wildman–Crippen LogP) is 4.07. The zero-order valence-electron chi connectivity index (χ0n) is 10.5. The first-order valence-electron chi connectivity index (χ1n) is 6.15. The second-order valence-corrected chi connectivity index (χ2v) is 5.12. The molecule has 3 rings (SSSR count). The van der Waals surface area contributed by atoms with Gasteiger partial charge in [0.05, 0.1) is 7.11 Å². The summed E-state index contributed by atoms with van der Waals surface area (Å²) in [6, 6.07) is 13.4. The van der Waals surface area contributed by atoms with Crippen molar-refractivity contribution in [3.8, 4) is 5.75 Å². The maximum absolute atomic E-state index is 12.1. The molecule has 0 radical (unpaired) electrons. The molecule has 3 heteroatoms. The second-order valence-electron chi connectivity index (χ2n) is 4.68. The quantitative estimate of drug-likeness (QED) is 0.824. The second kappa shape index (κ2) is 4.71. The van der Waals surface area contributed by atoms with E-state index in [1.165, 1.54) is 0 Å². The van der Waals surface area contributed by atoms with Gasteiger partial charge >= 0.3 is 0 Å². The lowest BCUT2D eigenvalue weighted by atomic mass is 9.93. The molecule has 0 spiro atoms. The Hall–Kier alpha value is -1.80. The molecule has 0 N–H and O–H groups in total. The number of ether oxygens (including phenoxy) is 1. The molecule has 0 saturated carbocycles. The largest absolute Gasteiger partial charge is 0.497 e. The smallest absolute Gasteiger partial charge is 0.164 e. The molecular weight excluding hydrogens is 260 g/mol. The van der Waals surface area contributed by atoms with Crippen molar-refractivity contribution in [1.82, 2.24) is 0 Å². The van der Waals surface area contributed by atoms with Crippen LogP contribution in [-0.4, -0.2) is 12.9 Å². The minimum Gasteiger partial charge on any atom is -0.497 e. The van der Waals surface area contributed by atoms with Crippen molar-refractivity contribution in [3.05, 3.63) is 64.2 Å². The number of carbonyl (C=O) groups excluding carboxylic acids is 1. The fraction of sp³-hybridized carbons (Fsp3) is 0.188. The van der Waals surface area contributed by atoms with Crippen LogP contribution in [0.15, 0.2) is 42.5 Å². The summed E-state index contributed by atoms with van der Waals surface area (Å²) in [6.45, 7) is 0. The first-order chi connectivity index (χ1) is 9.19. The Morgan fingerprint density at radius 2 is 1.89 bits per heavy atom. The Kier molecular flexibility index (Phi) is 3.03. The number of hydrogen-bond acceptors (Lipinski definition) is 2. The van der Waals surface area contributed by atoms with E-state index < -0.39 is 0 Å². The van der Waals surface area contributed by atoms with Gasteiger partial charge in [0.15, 0.2) is 5.78 Å². The van der Waals surface area contributed by atoms with Gasteiger partial charge in [0.2, 0.25) is 0 Å². The van der Waals surface area contributed by atoms with E-state index >= 15 is 0 Å². The highest BCUT2D eigenvalue weighted by molar-refractivity contribution is 6.30. The molecule has 2 nitrogen and oxygen atoms in total. The van der Waals surface area contributed by atoms with Crippen LogP contribution in [0.1, 0.15) is 33.8 Å². The maximum atomic E-state index is 12.1. The van der Waals surface area contributed by atoms with Crippen LogP contribution in [-0.2, 0) is 0 Å². The summed E-state index contributed by atoms with van der Waals surface area (Å²) in [6.07, 6.45) is 0.518. The van der Waals surface area contributed by atoms with Gasteiger partial charge in [0.25, 0.3) is 0 Å². The fourth-order valence-electron chi connectivity index (χ4n) is 2.61. The Balaban J connectivity index is 2.04. The summed E-state index contributed by atoms with van der Waals surface area (Å²) in [5.41, 5.74) is 2.98. The number of ketones is 1. The molecule has 96 valence electrons. The SMILES string of the molecule is COc1ccc2c(c1)C(=O)C[C@H]2c1ccc(Cl)cc1. The minimum absolute atomic E-state index is 0.130. The van der Waals surface area contributed by atoms with E-state index in [2.05, 4.69) is 0 Å². The van der Waals surface area contributed by atoms with Crippen molar-refractivity contribution in [2.24, 2.45) is 0 Å². The fourth-order valence-corrected chi connectivity index (χ4v) is 2.73. The number of hydrogen-bond donors (Lipinski definition) is 0. The maximum Gasteiger partial charge on any atom is 0.164 e. The minimum atomic E-state index is 0.130. The molecule has 0 saturated heterocycles. The van der Waals surface area contributed by atoms with Crippen molar-refractivity contribution < 1.29 is 9.53 Å². The lowest BCUT2D eigenvalue weighted by molar-refractivity contribution is 0.0991. The van der Waals surface area contributed by atoms with E-state index in [1.807, 2.05) is 42.5 Å². The zero-order chi connectivity index (χ0) is 13.4. The number of Topliss-reactive ketones (excluding diaryl/α,β-unsaturated/α-hetero) is 1. The number of halogens is 1. The predicted molar refractivity (Wildman–Crippen MR) is 75.2 cm³/mol. The highest BCUT2D eigenvalue weighted by Gasteiger charge is 2.30. The summed E-state index contributed by atoms with van der Waals surface area (Å²) < 4.78 is 5.17. The van der Waals surface area contributed by atoms with Crippen molar-refractivity contribution in [1.29, 1.82) is 0 Å². The summed E-state index contributed by atoms with van der Waals surface area (Å²) in [4.78, 5) is 12.1. The molecule has 0 aromatic heterocycles. The van der Waals surface area contributed by atoms with E-state index in [-0.39, 0.29) is 11.7 Å². The lowest BCUT2D eigenvalue weighted by Crippen LogP contribution is -1.96. The molecule has 0 fully saturated rings. The van der Waals surface area contributed by atoms with Crippen LogP contribution in [0, 0.1) is 0 Å². The normalized spacial score (nSPS) is 17.4. The van der Waals surface area contributed by atoms with Crippen molar-refractivity contribution >= 4 is 17.4 Å². The molecule has 1 aliphatic carbocycles. The van der Waals surface area contributed by atoms with Crippen molar-refractivity contribution in [3.63, 3.8) is 0 Å². The van der Waals surface area contributed by atoms with Crippen LogP contribution in [0.25, 0.3) is 0 Å².